The van der Waals surface area contributed by atoms with E-state index in [1.165, 1.54) is 10.4 Å². The van der Waals surface area contributed by atoms with Gasteiger partial charge in [0.2, 0.25) is 10.0 Å². The Morgan fingerprint density at radius 3 is 1.96 bits per heavy atom. The second-order valence-corrected chi connectivity index (χ2v) is 9.58. The SMILES string of the molecule is CC1CN(c2ccc(S(=O)(=O)N3CC(C)OC(C)C3)c(N=O)c2N)CC(C)O1. The molecule has 28 heavy (non-hydrogen) atoms. The molecule has 0 aromatic heterocycles. The summed E-state index contributed by atoms with van der Waals surface area (Å²) in [6, 6.07) is 3.07. The van der Waals surface area contributed by atoms with Crippen LogP contribution in [0, 0.1) is 4.91 Å². The van der Waals surface area contributed by atoms with Crippen LogP contribution in [0.5, 0.6) is 0 Å². The Morgan fingerprint density at radius 1 is 0.964 bits per heavy atom. The molecule has 0 spiro atoms. The first-order valence-corrected chi connectivity index (χ1v) is 10.9. The van der Waals surface area contributed by atoms with Crippen LogP contribution in [0.3, 0.4) is 0 Å². The van der Waals surface area contributed by atoms with E-state index >= 15 is 0 Å². The average Bonchev–Trinajstić information content (AvgIpc) is 2.59. The first kappa shape index (κ1) is 21.0. The number of morpholine rings is 2. The molecule has 10 heteroatoms. The predicted molar refractivity (Wildman–Crippen MR) is 107 cm³/mol. The number of nitrogens with zero attached hydrogens (tertiary/aromatic N) is 3. The molecule has 1 aromatic carbocycles. The van der Waals surface area contributed by atoms with Gasteiger partial charge in [-0.15, -0.1) is 4.91 Å². The molecule has 2 aliphatic heterocycles. The Morgan fingerprint density at radius 2 is 1.46 bits per heavy atom. The fourth-order valence-corrected chi connectivity index (χ4v) is 5.72. The van der Waals surface area contributed by atoms with Crippen LogP contribution in [0.15, 0.2) is 22.2 Å². The van der Waals surface area contributed by atoms with Gasteiger partial charge in [0.15, 0.2) is 5.69 Å². The van der Waals surface area contributed by atoms with Crippen LogP contribution < -0.4 is 10.6 Å². The Hall–Kier alpha value is -1.75. The lowest BCUT2D eigenvalue weighted by atomic mass is 10.1. The first-order chi connectivity index (χ1) is 13.1. The zero-order valence-electron chi connectivity index (χ0n) is 16.7. The molecule has 4 unspecified atom stereocenters. The quantitative estimate of drug-likeness (QED) is 0.595. The molecule has 3 rings (SSSR count). The van der Waals surface area contributed by atoms with Crippen LogP contribution >= 0.6 is 0 Å². The number of nitrogen functional groups attached to an aromatic ring is 1. The Kier molecular flexibility index (Phi) is 5.95. The summed E-state index contributed by atoms with van der Waals surface area (Å²) < 4.78 is 39.0. The third-order valence-corrected chi connectivity index (χ3v) is 6.88. The maximum Gasteiger partial charge on any atom is 0.245 e. The van der Waals surface area contributed by atoms with E-state index in [0.29, 0.717) is 18.8 Å². The lowest BCUT2D eigenvalue weighted by Crippen LogP contribution is -2.48. The second kappa shape index (κ2) is 7.94. The summed E-state index contributed by atoms with van der Waals surface area (Å²) in [5.74, 6) is 0. The topological polar surface area (TPSA) is 115 Å². The van der Waals surface area contributed by atoms with Gasteiger partial charge in [-0.25, -0.2) is 8.42 Å². The number of rotatable bonds is 4. The van der Waals surface area contributed by atoms with Gasteiger partial charge in [0, 0.05) is 26.2 Å². The number of hydrogen-bond donors (Lipinski definition) is 1. The number of hydrogen-bond acceptors (Lipinski definition) is 8. The van der Waals surface area contributed by atoms with Crippen LogP contribution in [-0.4, -0.2) is 63.3 Å². The van der Waals surface area contributed by atoms with Crippen molar-refractivity contribution < 1.29 is 17.9 Å². The summed E-state index contributed by atoms with van der Waals surface area (Å²) >= 11 is 0. The van der Waals surface area contributed by atoms with Gasteiger partial charge in [0.25, 0.3) is 0 Å². The van der Waals surface area contributed by atoms with Crippen LogP contribution in [0.4, 0.5) is 17.1 Å². The Labute approximate surface area is 165 Å². The summed E-state index contributed by atoms with van der Waals surface area (Å²) in [6.07, 6.45) is -0.482. The highest BCUT2D eigenvalue weighted by molar-refractivity contribution is 7.89. The summed E-state index contributed by atoms with van der Waals surface area (Å²) in [6.45, 7) is 9.16. The van der Waals surface area contributed by atoms with Gasteiger partial charge in [-0.05, 0) is 45.0 Å². The van der Waals surface area contributed by atoms with Gasteiger partial charge in [0.05, 0.1) is 35.8 Å². The summed E-state index contributed by atoms with van der Waals surface area (Å²) in [4.78, 5) is 13.4. The fraction of sp³-hybridized carbons (Fsp3) is 0.667. The number of nitroso groups, excluding NO2 is 1. The van der Waals surface area contributed by atoms with Crippen LogP contribution in [-0.2, 0) is 19.5 Å². The zero-order chi connectivity index (χ0) is 20.6. The molecule has 0 radical (unpaired) electrons. The number of benzene rings is 1. The van der Waals surface area contributed by atoms with E-state index in [2.05, 4.69) is 5.18 Å². The molecular formula is C18H28N4O5S. The highest BCUT2D eigenvalue weighted by Gasteiger charge is 2.35. The van der Waals surface area contributed by atoms with Crippen molar-refractivity contribution in [1.29, 1.82) is 0 Å². The van der Waals surface area contributed by atoms with Crippen molar-refractivity contribution in [3.05, 3.63) is 17.0 Å². The number of ether oxygens (including phenoxy) is 2. The standard InChI is InChI=1S/C18H28N4O5S/c1-11-7-21(8-12(2)26-11)15-5-6-16(18(20-23)17(15)19)28(24,25)22-9-13(3)27-14(4)10-22/h5-6,11-14H,7-10,19H2,1-4H3. The van der Waals surface area contributed by atoms with E-state index in [9.17, 15) is 13.3 Å². The average molecular weight is 413 g/mol. The molecule has 4 atom stereocenters. The summed E-state index contributed by atoms with van der Waals surface area (Å²) in [5.41, 5.74) is 6.65. The monoisotopic (exact) mass is 412 g/mol. The third-order valence-electron chi connectivity index (χ3n) is 5.01. The van der Waals surface area contributed by atoms with Gasteiger partial charge in [0.1, 0.15) is 4.90 Å². The van der Waals surface area contributed by atoms with E-state index in [4.69, 9.17) is 15.2 Å². The van der Waals surface area contributed by atoms with E-state index in [1.54, 1.807) is 6.07 Å². The van der Waals surface area contributed by atoms with E-state index in [1.807, 2.05) is 32.6 Å². The summed E-state index contributed by atoms with van der Waals surface area (Å²) in [5, 5.41) is 2.99. The van der Waals surface area contributed by atoms with Crippen molar-refractivity contribution in [2.45, 2.75) is 57.0 Å². The number of nitrogens with two attached hydrogens (primary N) is 1. The molecule has 0 amide bonds. The molecule has 0 aliphatic carbocycles. The van der Waals surface area contributed by atoms with Crippen LogP contribution in [0.1, 0.15) is 27.7 Å². The highest BCUT2D eigenvalue weighted by atomic mass is 32.2. The minimum Gasteiger partial charge on any atom is -0.395 e. The minimum absolute atomic E-state index is 0.00414. The maximum atomic E-state index is 13.2. The lowest BCUT2D eigenvalue weighted by Gasteiger charge is -2.38. The largest absolute Gasteiger partial charge is 0.395 e. The molecule has 2 saturated heterocycles. The van der Waals surface area contributed by atoms with Crippen molar-refractivity contribution >= 4 is 27.1 Å². The minimum atomic E-state index is -3.93. The zero-order valence-corrected chi connectivity index (χ0v) is 17.5. The molecule has 0 bridgehead atoms. The molecule has 2 aliphatic rings. The van der Waals surface area contributed by atoms with Gasteiger partial charge < -0.3 is 20.1 Å². The molecule has 2 heterocycles. The molecule has 2 fully saturated rings. The van der Waals surface area contributed by atoms with Crippen molar-refractivity contribution in [2.24, 2.45) is 5.18 Å². The van der Waals surface area contributed by atoms with E-state index in [0.717, 1.165) is 0 Å². The third kappa shape index (κ3) is 4.00. The van der Waals surface area contributed by atoms with Crippen molar-refractivity contribution in [3.63, 3.8) is 0 Å². The lowest BCUT2D eigenvalue weighted by molar-refractivity contribution is -0.0440. The van der Waals surface area contributed by atoms with Crippen molar-refractivity contribution in [1.82, 2.24) is 4.31 Å². The highest BCUT2D eigenvalue weighted by Crippen LogP contribution is 2.40. The van der Waals surface area contributed by atoms with Crippen LogP contribution in [0.25, 0.3) is 0 Å². The molecule has 1 aromatic rings. The van der Waals surface area contributed by atoms with Gasteiger partial charge in [-0.2, -0.15) is 4.31 Å². The number of sulfonamides is 1. The molecule has 2 N–H and O–H groups in total. The van der Waals surface area contributed by atoms with Crippen molar-refractivity contribution in [2.75, 3.05) is 36.8 Å². The Balaban J connectivity index is 1.99. The Bertz CT molecular complexity index is 827. The van der Waals surface area contributed by atoms with Gasteiger partial charge in [-0.1, -0.05) is 0 Å². The van der Waals surface area contributed by atoms with Crippen molar-refractivity contribution in [3.8, 4) is 0 Å². The molecular weight excluding hydrogens is 384 g/mol. The van der Waals surface area contributed by atoms with E-state index in [-0.39, 0.29) is 53.8 Å². The molecule has 156 valence electrons. The predicted octanol–water partition coefficient (Wildman–Crippen LogP) is 2.08. The van der Waals surface area contributed by atoms with Gasteiger partial charge >= 0.3 is 0 Å². The van der Waals surface area contributed by atoms with Crippen LogP contribution in [0.2, 0.25) is 0 Å². The van der Waals surface area contributed by atoms with E-state index < -0.39 is 10.0 Å². The summed E-state index contributed by atoms with van der Waals surface area (Å²) in [7, 11) is -3.93. The molecule has 0 saturated carbocycles. The first-order valence-electron chi connectivity index (χ1n) is 9.45. The smallest absolute Gasteiger partial charge is 0.245 e. The normalized spacial score (nSPS) is 29.6. The fourth-order valence-electron chi connectivity index (χ4n) is 4.00. The second-order valence-electron chi connectivity index (χ2n) is 7.68. The van der Waals surface area contributed by atoms with Gasteiger partial charge in [-0.3, -0.25) is 0 Å². The molecule has 9 nitrogen and oxygen atoms in total. The number of anilines is 2. The maximum absolute atomic E-state index is 13.2.